The third-order valence-electron chi connectivity index (χ3n) is 3.84. The topological polar surface area (TPSA) is 15.6 Å². The molecule has 0 radical (unpaired) electrons. The predicted molar refractivity (Wildman–Crippen MR) is 90.8 cm³/mol. The van der Waals surface area contributed by atoms with Crippen LogP contribution in [0.4, 0.5) is 18.9 Å². The van der Waals surface area contributed by atoms with Crippen LogP contribution in [-0.2, 0) is 0 Å². The number of benzene rings is 2. The number of rotatable bonds is 2. The number of para-hydroxylation sites is 1. The highest BCUT2D eigenvalue weighted by atomic mass is 19.4. The van der Waals surface area contributed by atoms with E-state index in [1.54, 1.807) is 24.3 Å². The molecule has 1 aliphatic rings. The van der Waals surface area contributed by atoms with E-state index < -0.39 is 11.9 Å². The van der Waals surface area contributed by atoms with Gasteiger partial charge in [-0.1, -0.05) is 54.1 Å². The van der Waals surface area contributed by atoms with Crippen molar-refractivity contribution in [2.45, 2.75) is 25.9 Å². The number of allylic oxidation sites excluding steroid dienone is 1. The normalized spacial score (nSPS) is 15.6. The molecule has 2 aromatic carbocycles. The molecule has 0 unspecified atom stereocenters. The minimum Gasteiger partial charge on any atom is -0.233 e. The summed E-state index contributed by atoms with van der Waals surface area (Å²) in [5.41, 5.74) is 2.45. The van der Waals surface area contributed by atoms with Crippen molar-refractivity contribution in [2.24, 2.45) is 5.10 Å². The maximum Gasteiger partial charge on any atom is 0.431 e. The van der Waals surface area contributed by atoms with Gasteiger partial charge in [0.05, 0.1) is 11.4 Å². The molecule has 0 amide bonds. The lowest BCUT2D eigenvalue weighted by Gasteiger charge is -2.23. The lowest BCUT2D eigenvalue weighted by Crippen LogP contribution is -2.26. The molecule has 2 nitrogen and oxygen atoms in total. The lowest BCUT2D eigenvalue weighted by atomic mass is 10.1. The minimum absolute atomic E-state index is 0.123. The van der Waals surface area contributed by atoms with E-state index in [2.05, 4.69) is 5.10 Å². The first-order valence-electron chi connectivity index (χ1n) is 7.72. The Morgan fingerprint density at radius 1 is 0.958 bits per heavy atom. The van der Waals surface area contributed by atoms with E-state index in [4.69, 9.17) is 0 Å². The molecule has 0 N–H and O–H groups in total. The van der Waals surface area contributed by atoms with E-state index in [9.17, 15) is 13.2 Å². The van der Waals surface area contributed by atoms with Crippen molar-refractivity contribution in [3.05, 3.63) is 71.8 Å². The van der Waals surface area contributed by atoms with Crippen molar-refractivity contribution < 1.29 is 13.2 Å². The van der Waals surface area contributed by atoms with Gasteiger partial charge in [0, 0.05) is 6.42 Å². The first-order valence-corrected chi connectivity index (χ1v) is 7.72. The summed E-state index contributed by atoms with van der Waals surface area (Å²) in [5.74, 6) is 0. The number of hydrogen-bond donors (Lipinski definition) is 0. The summed E-state index contributed by atoms with van der Waals surface area (Å²) in [5, 5.41) is 5.34. The van der Waals surface area contributed by atoms with Gasteiger partial charge in [-0.05, 0) is 31.0 Å². The van der Waals surface area contributed by atoms with Gasteiger partial charge in [-0.15, -0.1) is 0 Å². The summed E-state index contributed by atoms with van der Waals surface area (Å²) in [6, 6.07) is 16.6. The SMILES string of the molecule is Cc1ccc(C2=CCCC(C(F)(F)F)=NN2c2ccccc2)cc1. The fourth-order valence-corrected chi connectivity index (χ4v) is 2.59. The maximum absolute atomic E-state index is 13.2. The molecule has 3 rings (SSSR count). The summed E-state index contributed by atoms with van der Waals surface area (Å²) in [7, 11) is 0. The maximum atomic E-state index is 13.2. The second-order valence-corrected chi connectivity index (χ2v) is 5.69. The number of nitrogens with zero attached hydrogens (tertiary/aromatic N) is 2. The van der Waals surface area contributed by atoms with Crippen LogP contribution in [0.5, 0.6) is 0 Å². The molecule has 0 atom stereocenters. The molecule has 0 fully saturated rings. The molecule has 0 spiro atoms. The first-order chi connectivity index (χ1) is 11.4. The number of hydrogen-bond acceptors (Lipinski definition) is 2. The van der Waals surface area contributed by atoms with Gasteiger partial charge >= 0.3 is 6.18 Å². The van der Waals surface area contributed by atoms with Gasteiger partial charge in [0.25, 0.3) is 0 Å². The summed E-state index contributed by atoms with van der Waals surface area (Å²) in [6.07, 6.45) is -2.43. The average Bonchev–Trinajstić information content (AvgIpc) is 2.79. The number of anilines is 1. The molecular weight excluding hydrogens is 313 g/mol. The fraction of sp³-hybridized carbons (Fsp3) is 0.211. The Balaban J connectivity index is 2.10. The standard InChI is InChI=1S/C19H17F3N2/c1-14-10-12-15(13-11-14)17-8-5-9-18(19(20,21)22)23-24(17)16-6-3-2-4-7-16/h2-4,6-8,10-13H,5,9H2,1H3. The first kappa shape index (κ1) is 16.3. The Labute approximate surface area is 138 Å². The van der Waals surface area contributed by atoms with Gasteiger partial charge in [-0.2, -0.15) is 18.3 Å². The van der Waals surface area contributed by atoms with E-state index in [1.807, 2.05) is 43.3 Å². The molecule has 0 saturated heterocycles. The van der Waals surface area contributed by atoms with Crippen molar-refractivity contribution in [1.29, 1.82) is 0 Å². The van der Waals surface area contributed by atoms with E-state index >= 15 is 0 Å². The van der Waals surface area contributed by atoms with Crippen LogP contribution in [0.1, 0.15) is 24.0 Å². The van der Waals surface area contributed by atoms with Crippen LogP contribution in [0, 0.1) is 6.92 Å². The van der Waals surface area contributed by atoms with Crippen LogP contribution in [0.15, 0.2) is 65.8 Å². The molecule has 24 heavy (non-hydrogen) atoms. The zero-order valence-corrected chi connectivity index (χ0v) is 13.2. The van der Waals surface area contributed by atoms with Crippen LogP contribution in [0.25, 0.3) is 5.70 Å². The van der Waals surface area contributed by atoms with Crippen molar-refractivity contribution in [3.8, 4) is 0 Å². The van der Waals surface area contributed by atoms with Gasteiger partial charge < -0.3 is 0 Å². The highest BCUT2D eigenvalue weighted by Crippen LogP contribution is 2.32. The number of halogens is 3. The Morgan fingerprint density at radius 2 is 1.62 bits per heavy atom. The van der Waals surface area contributed by atoms with Crippen LogP contribution >= 0.6 is 0 Å². The van der Waals surface area contributed by atoms with Crippen LogP contribution in [-0.4, -0.2) is 11.9 Å². The van der Waals surface area contributed by atoms with Gasteiger partial charge in [-0.25, -0.2) is 5.01 Å². The largest absolute Gasteiger partial charge is 0.431 e. The molecule has 2 aromatic rings. The van der Waals surface area contributed by atoms with Crippen LogP contribution in [0.3, 0.4) is 0 Å². The zero-order chi connectivity index (χ0) is 17.2. The lowest BCUT2D eigenvalue weighted by molar-refractivity contribution is -0.0606. The van der Waals surface area contributed by atoms with Gasteiger partial charge in [0.1, 0.15) is 5.71 Å². The number of aryl methyl sites for hydroxylation is 1. The summed E-state index contributed by atoms with van der Waals surface area (Å²) >= 11 is 0. The molecule has 1 heterocycles. The third kappa shape index (κ3) is 3.50. The second-order valence-electron chi connectivity index (χ2n) is 5.69. The van der Waals surface area contributed by atoms with Gasteiger partial charge in [-0.3, -0.25) is 0 Å². The zero-order valence-electron chi connectivity index (χ0n) is 13.2. The van der Waals surface area contributed by atoms with Crippen molar-refractivity contribution in [3.63, 3.8) is 0 Å². The van der Waals surface area contributed by atoms with Crippen LogP contribution in [0.2, 0.25) is 0 Å². The Hall–Kier alpha value is -2.56. The highest BCUT2D eigenvalue weighted by Gasteiger charge is 2.37. The molecule has 124 valence electrons. The van der Waals surface area contributed by atoms with Crippen LogP contribution < -0.4 is 5.01 Å². The van der Waals surface area contributed by atoms with Gasteiger partial charge in [0.2, 0.25) is 0 Å². The molecule has 0 bridgehead atoms. The summed E-state index contributed by atoms with van der Waals surface area (Å²) in [6.45, 7) is 1.97. The average molecular weight is 330 g/mol. The highest BCUT2D eigenvalue weighted by molar-refractivity contribution is 5.94. The van der Waals surface area contributed by atoms with E-state index in [-0.39, 0.29) is 6.42 Å². The Bertz CT molecular complexity index is 759. The Morgan fingerprint density at radius 3 is 2.25 bits per heavy atom. The molecule has 5 heteroatoms. The molecule has 0 saturated carbocycles. The van der Waals surface area contributed by atoms with Crippen molar-refractivity contribution in [2.75, 3.05) is 5.01 Å². The third-order valence-corrected chi connectivity index (χ3v) is 3.84. The minimum atomic E-state index is -4.43. The van der Waals surface area contributed by atoms with Crippen molar-refractivity contribution >= 4 is 17.1 Å². The van der Waals surface area contributed by atoms with E-state index in [0.717, 1.165) is 11.1 Å². The summed E-state index contributed by atoms with van der Waals surface area (Å²) < 4.78 is 39.6. The Kier molecular flexibility index (Phi) is 4.42. The molecular formula is C19H17F3N2. The van der Waals surface area contributed by atoms with Crippen molar-refractivity contribution in [1.82, 2.24) is 0 Å². The fourth-order valence-electron chi connectivity index (χ4n) is 2.59. The smallest absolute Gasteiger partial charge is 0.233 e. The summed E-state index contributed by atoms with van der Waals surface area (Å²) in [4.78, 5) is 0. The molecule has 0 aromatic heterocycles. The number of alkyl halides is 3. The molecule has 0 aliphatic carbocycles. The van der Waals surface area contributed by atoms with E-state index in [0.29, 0.717) is 17.8 Å². The monoisotopic (exact) mass is 330 g/mol. The number of hydrazone groups is 1. The predicted octanol–water partition coefficient (Wildman–Crippen LogP) is 5.55. The molecule has 1 aliphatic heterocycles. The second kappa shape index (κ2) is 6.51. The van der Waals surface area contributed by atoms with Gasteiger partial charge in [0.15, 0.2) is 0 Å². The van der Waals surface area contributed by atoms with E-state index in [1.165, 1.54) is 5.01 Å². The quantitative estimate of drug-likeness (QED) is 0.704.